The van der Waals surface area contributed by atoms with Crippen LogP contribution in [0.5, 0.6) is 0 Å². The molecule has 4 heteroatoms. The maximum atomic E-state index is 9.14. The lowest BCUT2D eigenvalue weighted by Gasteiger charge is -2.13. The van der Waals surface area contributed by atoms with E-state index >= 15 is 0 Å². The predicted octanol–water partition coefficient (Wildman–Crippen LogP) is 5.59. The quantitative estimate of drug-likeness (QED) is 0.498. The standard InChI is InChI=1S/C18H19BrN2S/c1-14(13-20)18(22-12-8-7-9-15(2)19)21-16(3)17-10-5-4-6-11-17/h4-11,21H,3,12H2,1-2H3/b8-7-,15-9+,18-14-. The van der Waals surface area contributed by atoms with Gasteiger partial charge in [-0.15, -0.1) is 11.8 Å². The molecule has 0 radical (unpaired) electrons. The van der Waals surface area contributed by atoms with Crippen LogP contribution in [0.4, 0.5) is 0 Å². The first kappa shape index (κ1) is 18.3. The SMILES string of the molecule is C=C(N/C(SC/C=C\C=C(/C)Br)=C(\C)C#N)c1ccccc1. The van der Waals surface area contributed by atoms with E-state index in [1.807, 2.05) is 55.5 Å². The predicted molar refractivity (Wildman–Crippen MR) is 101 cm³/mol. The third-order valence-electron chi connectivity index (χ3n) is 2.68. The topological polar surface area (TPSA) is 35.8 Å². The molecule has 0 spiro atoms. The van der Waals surface area contributed by atoms with Crippen LogP contribution in [-0.2, 0) is 0 Å². The van der Waals surface area contributed by atoms with Gasteiger partial charge in [-0.2, -0.15) is 5.26 Å². The third kappa shape index (κ3) is 6.84. The zero-order valence-corrected chi connectivity index (χ0v) is 15.2. The van der Waals surface area contributed by atoms with Gasteiger partial charge < -0.3 is 5.32 Å². The van der Waals surface area contributed by atoms with Gasteiger partial charge in [-0.1, -0.05) is 71.1 Å². The number of thioether (sulfide) groups is 1. The van der Waals surface area contributed by atoms with Gasteiger partial charge in [0.05, 0.1) is 16.7 Å². The summed E-state index contributed by atoms with van der Waals surface area (Å²) in [6.07, 6.45) is 6.02. The van der Waals surface area contributed by atoms with Gasteiger partial charge in [0.15, 0.2) is 0 Å². The van der Waals surface area contributed by atoms with Crippen molar-refractivity contribution < 1.29 is 0 Å². The summed E-state index contributed by atoms with van der Waals surface area (Å²) >= 11 is 4.96. The van der Waals surface area contributed by atoms with Gasteiger partial charge in [-0.3, -0.25) is 0 Å². The average Bonchev–Trinajstić information content (AvgIpc) is 2.53. The monoisotopic (exact) mass is 374 g/mol. The molecule has 0 fully saturated rings. The molecule has 0 bridgehead atoms. The van der Waals surface area contributed by atoms with E-state index in [4.69, 9.17) is 5.26 Å². The molecular formula is C18H19BrN2S. The lowest BCUT2D eigenvalue weighted by atomic mass is 10.2. The normalized spacial score (nSPS) is 12.7. The number of nitrogens with one attached hydrogen (secondary N) is 1. The van der Waals surface area contributed by atoms with E-state index in [0.29, 0.717) is 5.57 Å². The lowest BCUT2D eigenvalue weighted by molar-refractivity contribution is 1.16. The Morgan fingerprint density at radius 2 is 2.05 bits per heavy atom. The average molecular weight is 375 g/mol. The summed E-state index contributed by atoms with van der Waals surface area (Å²) in [6.45, 7) is 7.83. The summed E-state index contributed by atoms with van der Waals surface area (Å²) in [6, 6.07) is 12.1. The summed E-state index contributed by atoms with van der Waals surface area (Å²) in [4.78, 5) is 0. The maximum Gasteiger partial charge on any atom is 0.0971 e. The number of nitrogens with zero attached hydrogens (tertiary/aromatic N) is 1. The summed E-state index contributed by atoms with van der Waals surface area (Å²) in [5.74, 6) is 0.778. The van der Waals surface area contributed by atoms with Crippen LogP contribution in [0.3, 0.4) is 0 Å². The maximum absolute atomic E-state index is 9.14. The highest BCUT2D eigenvalue weighted by Gasteiger charge is 2.05. The number of halogens is 1. The minimum Gasteiger partial charge on any atom is -0.349 e. The van der Waals surface area contributed by atoms with Crippen LogP contribution in [-0.4, -0.2) is 5.75 Å². The number of hydrogen-bond acceptors (Lipinski definition) is 3. The molecule has 1 aromatic rings. The smallest absolute Gasteiger partial charge is 0.0971 e. The van der Waals surface area contributed by atoms with Crippen LogP contribution in [0.15, 0.2) is 70.2 Å². The first-order valence-electron chi connectivity index (χ1n) is 6.78. The molecule has 0 aromatic heterocycles. The zero-order valence-electron chi connectivity index (χ0n) is 12.8. The number of allylic oxidation sites excluding steroid dienone is 4. The number of rotatable bonds is 7. The van der Waals surface area contributed by atoms with E-state index in [-0.39, 0.29) is 0 Å². The minimum absolute atomic E-state index is 0.655. The molecular weight excluding hydrogens is 356 g/mol. The zero-order chi connectivity index (χ0) is 16.4. The van der Waals surface area contributed by atoms with Crippen LogP contribution >= 0.6 is 27.7 Å². The van der Waals surface area contributed by atoms with E-state index in [1.54, 1.807) is 18.7 Å². The first-order valence-corrected chi connectivity index (χ1v) is 8.56. The molecule has 0 saturated carbocycles. The second-order valence-electron chi connectivity index (χ2n) is 4.53. The Morgan fingerprint density at radius 1 is 1.36 bits per heavy atom. The van der Waals surface area contributed by atoms with Crippen molar-refractivity contribution in [1.29, 1.82) is 5.26 Å². The highest BCUT2D eigenvalue weighted by molar-refractivity contribution is 9.11. The molecule has 1 rings (SSSR count). The Hall–Kier alpha value is -1.70. The molecule has 0 aliphatic carbocycles. The first-order chi connectivity index (χ1) is 10.5. The summed E-state index contributed by atoms with van der Waals surface area (Å²) in [5.41, 5.74) is 2.46. The van der Waals surface area contributed by atoms with E-state index in [9.17, 15) is 0 Å². The molecule has 2 nitrogen and oxygen atoms in total. The Bertz CT molecular complexity index is 633. The van der Waals surface area contributed by atoms with Crippen molar-refractivity contribution in [3.8, 4) is 6.07 Å². The van der Waals surface area contributed by atoms with E-state index in [0.717, 1.165) is 26.5 Å². The lowest BCUT2D eigenvalue weighted by Crippen LogP contribution is -2.10. The Kier molecular flexibility index (Phi) is 8.42. The van der Waals surface area contributed by atoms with Gasteiger partial charge >= 0.3 is 0 Å². The Balaban J connectivity index is 2.71. The highest BCUT2D eigenvalue weighted by atomic mass is 79.9. The van der Waals surface area contributed by atoms with Crippen molar-refractivity contribution in [2.45, 2.75) is 13.8 Å². The summed E-state index contributed by atoms with van der Waals surface area (Å²) in [7, 11) is 0. The molecule has 1 aromatic carbocycles. The van der Waals surface area contributed by atoms with Crippen LogP contribution < -0.4 is 5.32 Å². The molecule has 0 amide bonds. The van der Waals surface area contributed by atoms with Crippen LogP contribution in [0.2, 0.25) is 0 Å². The van der Waals surface area contributed by atoms with Crippen molar-refractivity contribution in [2.75, 3.05) is 5.75 Å². The number of benzene rings is 1. The second-order valence-corrected chi connectivity index (χ2v) is 6.81. The van der Waals surface area contributed by atoms with Gasteiger partial charge in [0.25, 0.3) is 0 Å². The van der Waals surface area contributed by atoms with Crippen molar-refractivity contribution in [3.05, 3.63) is 75.8 Å². The summed E-state index contributed by atoms with van der Waals surface area (Å²) in [5, 5.41) is 13.2. The molecule has 0 heterocycles. The molecule has 0 unspecified atom stereocenters. The fourth-order valence-corrected chi connectivity index (χ4v) is 2.51. The molecule has 0 aliphatic rings. The van der Waals surface area contributed by atoms with Crippen LogP contribution in [0.25, 0.3) is 5.70 Å². The Morgan fingerprint density at radius 3 is 2.64 bits per heavy atom. The highest BCUT2D eigenvalue weighted by Crippen LogP contribution is 2.21. The van der Waals surface area contributed by atoms with Gasteiger partial charge in [0.2, 0.25) is 0 Å². The second kappa shape index (κ2) is 10.1. The van der Waals surface area contributed by atoms with Gasteiger partial charge in [-0.25, -0.2) is 0 Å². The van der Waals surface area contributed by atoms with Gasteiger partial charge in [0.1, 0.15) is 0 Å². The molecule has 0 saturated heterocycles. The Labute approximate surface area is 145 Å². The fraction of sp³-hybridized carbons (Fsp3) is 0.167. The van der Waals surface area contributed by atoms with Crippen molar-refractivity contribution in [1.82, 2.24) is 5.32 Å². The van der Waals surface area contributed by atoms with Crippen LogP contribution in [0, 0.1) is 11.3 Å². The molecule has 114 valence electrons. The largest absolute Gasteiger partial charge is 0.349 e. The van der Waals surface area contributed by atoms with E-state index < -0.39 is 0 Å². The van der Waals surface area contributed by atoms with Crippen molar-refractivity contribution in [2.24, 2.45) is 0 Å². The van der Waals surface area contributed by atoms with Crippen molar-refractivity contribution >= 4 is 33.4 Å². The number of hydrogen-bond donors (Lipinski definition) is 1. The van der Waals surface area contributed by atoms with Gasteiger partial charge in [-0.05, 0) is 23.9 Å². The van der Waals surface area contributed by atoms with Crippen LogP contribution in [0.1, 0.15) is 19.4 Å². The molecule has 22 heavy (non-hydrogen) atoms. The van der Waals surface area contributed by atoms with Crippen molar-refractivity contribution in [3.63, 3.8) is 0 Å². The van der Waals surface area contributed by atoms with Gasteiger partial charge in [0, 0.05) is 11.4 Å². The van der Waals surface area contributed by atoms with E-state index in [2.05, 4.69) is 33.9 Å². The fourth-order valence-electron chi connectivity index (χ4n) is 1.53. The van der Waals surface area contributed by atoms with E-state index in [1.165, 1.54) is 0 Å². The summed E-state index contributed by atoms with van der Waals surface area (Å²) < 4.78 is 1.08. The molecule has 0 atom stereocenters. The molecule has 1 N–H and O–H groups in total. The third-order valence-corrected chi connectivity index (χ3v) is 4.00. The molecule has 0 aliphatic heterocycles. The minimum atomic E-state index is 0.655. The number of nitriles is 1.